The number of hydrogen-bond acceptors (Lipinski definition) is 2. The minimum atomic E-state index is -0.419. The van der Waals surface area contributed by atoms with E-state index in [1.807, 2.05) is 24.3 Å². The van der Waals surface area contributed by atoms with E-state index < -0.39 is 5.82 Å². The van der Waals surface area contributed by atoms with Gasteiger partial charge in [0.1, 0.15) is 5.82 Å². The van der Waals surface area contributed by atoms with Crippen molar-refractivity contribution >= 4 is 23.2 Å². The van der Waals surface area contributed by atoms with Crippen LogP contribution in [0.5, 0.6) is 0 Å². The van der Waals surface area contributed by atoms with Crippen molar-refractivity contribution in [3.63, 3.8) is 0 Å². The van der Waals surface area contributed by atoms with E-state index in [1.165, 1.54) is 35.6 Å². The van der Waals surface area contributed by atoms with Crippen molar-refractivity contribution in [2.75, 3.05) is 16.8 Å². The lowest BCUT2D eigenvalue weighted by Gasteiger charge is -2.21. The average Bonchev–Trinajstić information content (AvgIpc) is 2.54. The fourth-order valence-corrected chi connectivity index (χ4v) is 2.60. The van der Waals surface area contributed by atoms with Crippen molar-refractivity contribution in [2.45, 2.75) is 39.5 Å². The SMILES string of the molecule is CC(=O)N(CCC(=O)Nc1ccc(C(C)(C)C)cc1)c1cccc(F)c1. The molecule has 0 saturated heterocycles. The van der Waals surface area contributed by atoms with Gasteiger partial charge in [-0.3, -0.25) is 9.59 Å². The van der Waals surface area contributed by atoms with Crippen molar-refractivity contribution in [1.82, 2.24) is 0 Å². The molecule has 0 fully saturated rings. The van der Waals surface area contributed by atoms with Crippen molar-refractivity contribution in [3.8, 4) is 0 Å². The quantitative estimate of drug-likeness (QED) is 0.857. The van der Waals surface area contributed by atoms with Gasteiger partial charge in [-0.05, 0) is 41.3 Å². The van der Waals surface area contributed by atoms with E-state index in [2.05, 4.69) is 26.1 Å². The molecule has 1 N–H and O–H groups in total. The highest BCUT2D eigenvalue weighted by Gasteiger charge is 2.15. The summed E-state index contributed by atoms with van der Waals surface area (Å²) in [6.45, 7) is 7.97. The molecule has 0 aliphatic heterocycles. The van der Waals surface area contributed by atoms with Gasteiger partial charge in [-0.2, -0.15) is 0 Å². The first-order valence-corrected chi connectivity index (χ1v) is 8.61. The summed E-state index contributed by atoms with van der Waals surface area (Å²) in [5, 5.41) is 2.83. The van der Waals surface area contributed by atoms with Crippen LogP contribution in [0.1, 0.15) is 39.7 Å². The summed E-state index contributed by atoms with van der Waals surface area (Å²) in [4.78, 5) is 25.4. The Bertz CT molecular complexity index is 779. The fraction of sp³-hybridized carbons (Fsp3) is 0.333. The molecule has 2 aromatic rings. The predicted octanol–water partition coefficient (Wildman–Crippen LogP) is 4.50. The molecule has 0 unspecified atom stereocenters. The third kappa shape index (κ3) is 5.41. The van der Waals surface area contributed by atoms with E-state index in [4.69, 9.17) is 0 Å². The number of nitrogens with zero attached hydrogens (tertiary/aromatic N) is 1. The normalized spacial score (nSPS) is 11.1. The van der Waals surface area contributed by atoms with Crippen molar-refractivity contribution < 1.29 is 14.0 Å². The molecule has 0 atom stereocenters. The smallest absolute Gasteiger partial charge is 0.226 e. The van der Waals surface area contributed by atoms with Gasteiger partial charge >= 0.3 is 0 Å². The number of amides is 2. The van der Waals surface area contributed by atoms with Gasteiger partial charge in [-0.25, -0.2) is 4.39 Å². The van der Waals surface area contributed by atoms with E-state index >= 15 is 0 Å². The van der Waals surface area contributed by atoms with Crippen LogP contribution in [-0.4, -0.2) is 18.4 Å². The monoisotopic (exact) mass is 356 g/mol. The molecule has 0 radical (unpaired) electrons. The minimum absolute atomic E-state index is 0.0511. The fourth-order valence-electron chi connectivity index (χ4n) is 2.60. The van der Waals surface area contributed by atoms with Crippen LogP contribution in [0.4, 0.5) is 15.8 Å². The Morgan fingerprint density at radius 1 is 1.08 bits per heavy atom. The van der Waals surface area contributed by atoms with Gasteiger partial charge in [0.25, 0.3) is 0 Å². The molecular formula is C21H25FN2O2. The van der Waals surface area contributed by atoms with Crippen LogP contribution in [0.15, 0.2) is 48.5 Å². The molecule has 2 aromatic carbocycles. The molecule has 2 rings (SSSR count). The van der Waals surface area contributed by atoms with Crippen molar-refractivity contribution in [2.24, 2.45) is 0 Å². The van der Waals surface area contributed by atoms with Crippen LogP contribution in [-0.2, 0) is 15.0 Å². The summed E-state index contributed by atoms with van der Waals surface area (Å²) in [6.07, 6.45) is 0.122. The van der Waals surface area contributed by atoms with Crippen LogP contribution in [0, 0.1) is 5.82 Å². The molecule has 0 saturated carbocycles. The molecule has 5 heteroatoms. The first-order chi connectivity index (χ1) is 12.2. The van der Waals surface area contributed by atoms with Crippen LogP contribution in [0.3, 0.4) is 0 Å². The highest BCUT2D eigenvalue weighted by molar-refractivity contribution is 5.94. The molecule has 26 heavy (non-hydrogen) atoms. The molecule has 0 aliphatic carbocycles. The Labute approximate surface area is 154 Å². The summed E-state index contributed by atoms with van der Waals surface area (Å²) in [6, 6.07) is 13.5. The summed E-state index contributed by atoms with van der Waals surface area (Å²) < 4.78 is 13.4. The van der Waals surface area contributed by atoms with Crippen LogP contribution in [0.2, 0.25) is 0 Å². The summed E-state index contributed by atoms with van der Waals surface area (Å²) in [7, 11) is 0. The second-order valence-electron chi connectivity index (χ2n) is 7.28. The number of hydrogen-bond donors (Lipinski definition) is 1. The molecule has 4 nitrogen and oxygen atoms in total. The first-order valence-electron chi connectivity index (χ1n) is 8.61. The van der Waals surface area contributed by atoms with Crippen LogP contribution >= 0.6 is 0 Å². The molecule has 0 aliphatic rings. The predicted molar refractivity (Wildman–Crippen MR) is 103 cm³/mol. The largest absolute Gasteiger partial charge is 0.326 e. The van der Waals surface area contributed by atoms with Gasteiger partial charge in [-0.1, -0.05) is 39.0 Å². The number of nitrogens with one attached hydrogen (secondary N) is 1. The molecule has 138 valence electrons. The lowest BCUT2D eigenvalue weighted by molar-refractivity contribution is -0.117. The Morgan fingerprint density at radius 2 is 1.73 bits per heavy atom. The van der Waals surface area contributed by atoms with Crippen LogP contribution < -0.4 is 10.2 Å². The van der Waals surface area contributed by atoms with Gasteiger partial charge in [0.15, 0.2) is 0 Å². The van der Waals surface area contributed by atoms with E-state index in [1.54, 1.807) is 6.07 Å². The Balaban J connectivity index is 1.97. The Hall–Kier alpha value is -2.69. The standard InChI is InChI=1S/C21H25FN2O2/c1-15(25)24(19-7-5-6-17(22)14-19)13-12-20(26)23-18-10-8-16(9-11-18)21(2,3)4/h5-11,14H,12-13H2,1-4H3,(H,23,26). The molecule has 0 bridgehead atoms. The van der Waals surface area contributed by atoms with Crippen molar-refractivity contribution in [1.29, 1.82) is 0 Å². The maximum absolute atomic E-state index is 13.4. The first kappa shape index (κ1) is 19.6. The Kier molecular flexibility index (Phi) is 6.14. The molecule has 0 heterocycles. The number of benzene rings is 2. The summed E-state index contributed by atoms with van der Waals surface area (Å²) >= 11 is 0. The third-order valence-electron chi connectivity index (χ3n) is 4.10. The lowest BCUT2D eigenvalue weighted by atomic mass is 9.87. The van der Waals surface area contributed by atoms with Crippen LogP contribution in [0.25, 0.3) is 0 Å². The van der Waals surface area contributed by atoms with Gasteiger partial charge in [0.2, 0.25) is 11.8 Å². The minimum Gasteiger partial charge on any atom is -0.326 e. The van der Waals surface area contributed by atoms with E-state index in [-0.39, 0.29) is 30.2 Å². The van der Waals surface area contributed by atoms with E-state index in [0.717, 1.165) is 0 Å². The number of carbonyl (C=O) groups is 2. The second-order valence-corrected chi connectivity index (χ2v) is 7.28. The molecule has 0 aromatic heterocycles. The Morgan fingerprint density at radius 3 is 2.27 bits per heavy atom. The van der Waals surface area contributed by atoms with Gasteiger partial charge < -0.3 is 10.2 Å². The highest BCUT2D eigenvalue weighted by Crippen LogP contribution is 2.23. The molecule has 0 spiro atoms. The lowest BCUT2D eigenvalue weighted by Crippen LogP contribution is -2.32. The molecule has 2 amide bonds. The average molecular weight is 356 g/mol. The zero-order valence-electron chi connectivity index (χ0n) is 15.7. The number of rotatable bonds is 5. The number of carbonyl (C=O) groups excluding carboxylic acids is 2. The second kappa shape index (κ2) is 8.13. The third-order valence-corrected chi connectivity index (χ3v) is 4.10. The number of halogens is 1. The molecular weight excluding hydrogens is 331 g/mol. The van der Waals surface area contributed by atoms with E-state index in [0.29, 0.717) is 11.4 Å². The van der Waals surface area contributed by atoms with Gasteiger partial charge in [0.05, 0.1) is 0 Å². The maximum atomic E-state index is 13.4. The van der Waals surface area contributed by atoms with Crippen molar-refractivity contribution in [3.05, 3.63) is 59.9 Å². The number of anilines is 2. The van der Waals surface area contributed by atoms with Gasteiger partial charge in [0, 0.05) is 31.3 Å². The highest BCUT2D eigenvalue weighted by atomic mass is 19.1. The summed E-state index contributed by atoms with van der Waals surface area (Å²) in [5.41, 5.74) is 2.39. The zero-order chi connectivity index (χ0) is 19.3. The van der Waals surface area contributed by atoms with Gasteiger partial charge in [-0.15, -0.1) is 0 Å². The summed E-state index contributed by atoms with van der Waals surface area (Å²) in [5.74, 6) is -0.855. The topological polar surface area (TPSA) is 49.4 Å². The maximum Gasteiger partial charge on any atom is 0.226 e. The zero-order valence-corrected chi connectivity index (χ0v) is 15.7. The van der Waals surface area contributed by atoms with E-state index in [9.17, 15) is 14.0 Å².